The highest BCUT2D eigenvalue weighted by Gasteiger charge is 2.38. The summed E-state index contributed by atoms with van der Waals surface area (Å²) in [7, 11) is 0.788. The van der Waals surface area contributed by atoms with Gasteiger partial charge >= 0.3 is 8.80 Å². The zero-order valence-electron chi connectivity index (χ0n) is 12.4. The Morgan fingerprint density at radius 1 is 1.37 bits per heavy atom. The van der Waals surface area contributed by atoms with Crippen LogP contribution in [-0.2, 0) is 13.3 Å². The molecule has 1 aliphatic rings. The first-order chi connectivity index (χ1) is 9.17. The Hall–Kier alpha value is -0.473. The number of aliphatic imine (C=N–C) groups is 1. The van der Waals surface area contributed by atoms with Crippen molar-refractivity contribution in [3.63, 3.8) is 0 Å². The Morgan fingerprint density at radius 2 is 2.11 bits per heavy atom. The average molecular weight is 289 g/mol. The van der Waals surface area contributed by atoms with E-state index in [-0.39, 0.29) is 0 Å². The Kier molecular flexibility index (Phi) is 7.55. The Morgan fingerprint density at radius 3 is 2.68 bits per heavy atom. The summed E-state index contributed by atoms with van der Waals surface area (Å²) < 4.78 is 16.9. The Labute approximate surface area is 117 Å². The average Bonchev–Trinajstić information content (AvgIpc) is 2.45. The van der Waals surface area contributed by atoms with Gasteiger partial charge in [0.05, 0.1) is 12.4 Å². The first-order valence-corrected chi connectivity index (χ1v) is 8.81. The molecular formula is C12H27N3O3Si. The fourth-order valence-corrected chi connectivity index (χ4v) is 4.14. The molecule has 0 fully saturated rings. The minimum atomic E-state index is -2.52. The number of nitrogens with zero attached hydrogens (tertiary/aromatic N) is 2. The highest BCUT2D eigenvalue weighted by Crippen LogP contribution is 2.15. The first kappa shape index (κ1) is 16.6. The van der Waals surface area contributed by atoms with Crippen molar-refractivity contribution in [3.05, 3.63) is 0 Å². The quantitative estimate of drug-likeness (QED) is 0.633. The number of hydrogen-bond acceptors (Lipinski definition) is 6. The molecule has 0 aromatic carbocycles. The van der Waals surface area contributed by atoms with Gasteiger partial charge in [0.2, 0.25) is 0 Å². The molecule has 1 heterocycles. The van der Waals surface area contributed by atoms with E-state index in [1.165, 1.54) is 0 Å². The van der Waals surface area contributed by atoms with Crippen molar-refractivity contribution in [2.24, 2.45) is 10.7 Å². The molecule has 0 saturated carbocycles. The van der Waals surface area contributed by atoms with E-state index in [9.17, 15) is 0 Å². The molecule has 112 valence electrons. The molecule has 1 rings (SSSR count). The van der Waals surface area contributed by atoms with Crippen molar-refractivity contribution in [1.82, 2.24) is 4.90 Å². The highest BCUT2D eigenvalue weighted by atomic mass is 28.4. The van der Waals surface area contributed by atoms with Gasteiger partial charge in [-0.1, -0.05) is 0 Å². The van der Waals surface area contributed by atoms with Gasteiger partial charge in [-0.25, -0.2) is 0 Å². The largest absolute Gasteiger partial charge is 0.500 e. The maximum atomic E-state index is 5.92. The first-order valence-electron chi connectivity index (χ1n) is 6.88. The fourth-order valence-electron chi connectivity index (χ4n) is 2.15. The fraction of sp³-hybridized carbons (Fsp3) is 0.917. The van der Waals surface area contributed by atoms with Crippen LogP contribution in [0.3, 0.4) is 0 Å². The Bertz CT molecular complexity index is 285. The molecule has 0 aromatic rings. The van der Waals surface area contributed by atoms with E-state index in [1.807, 2.05) is 6.92 Å². The van der Waals surface area contributed by atoms with Gasteiger partial charge in [0.25, 0.3) is 0 Å². The van der Waals surface area contributed by atoms with Crippen LogP contribution >= 0.6 is 0 Å². The van der Waals surface area contributed by atoms with Gasteiger partial charge < -0.3 is 23.9 Å². The van der Waals surface area contributed by atoms with Gasteiger partial charge in [0.1, 0.15) is 0 Å². The second kappa shape index (κ2) is 8.65. The van der Waals surface area contributed by atoms with Gasteiger partial charge in [0.15, 0.2) is 0 Å². The molecule has 6 nitrogen and oxygen atoms in total. The van der Waals surface area contributed by atoms with Crippen LogP contribution in [-0.4, -0.2) is 66.5 Å². The smallest absolute Gasteiger partial charge is 0.377 e. The summed E-state index contributed by atoms with van der Waals surface area (Å²) in [5.74, 6) is 1.10. The molecule has 0 aliphatic carbocycles. The minimum absolute atomic E-state index is 0.603. The molecule has 0 aromatic heterocycles. The molecule has 0 saturated heterocycles. The molecule has 7 heteroatoms. The summed E-state index contributed by atoms with van der Waals surface area (Å²) >= 11 is 0. The van der Waals surface area contributed by atoms with Crippen LogP contribution in [0, 0.1) is 0 Å². The number of nitrogens with two attached hydrogens (primary N) is 1. The van der Waals surface area contributed by atoms with Crippen LogP contribution in [0.4, 0.5) is 0 Å². The zero-order valence-corrected chi connectivity index (χ0v) is 13.4. The normalized spacial score (nSPS) is 16.6. The number of hydrogen-bond donors (Lipinski definition) is 1. The van der Waals surface area contributed by atoms with Crippen LogP contribution < -0.4 is 5.73 Å². The molecule has 0 amide bonds. The Balaban J connectivity index is 2.39. The van der Waals surface area contributed by atoms with Crippen molar-refractivity contribution in [2.75, 3.05) is 47.0 Å². The van der Waals surface area contributed by atoms with E-state index in [1.54, 1.807) is 14.2 Å². The van der Waals surface area contributed by atoms with E-state index in [0.717, 1.165) is 44.4 Å². The molecule has 1 aliphatic heterocycles. The molecule has 0 radical (unpaired) electrons. The third-order valence-electron chi connectivity index (χ3n) is 3.38. The molecule has 0 bridgehead atoms. The molecule has 19 heavy (non-hydrogen) atoms. The van der Waals surface area contributed by atoms with Gasteiger partial charge in [-0.15, -0.1) is 0 Å². The van der Waals surface area contributed by atoms with Crippen molar-refractivity contribution in [2.45, 2.75) is 25.8 Å². The van der Waals surface area contributed by atoms with Gasteiger partial charge in [-0.3, -0.25) is 4.99 Å². The van der Waals surface area contributed by atoms with Gasteiger partial charge in [-0.05, 0) is 26.3 Å². The van der Waals surface area contributed by atoms with Crippen LogP contribution in [0.25, 0.3) is 0 Å². The molecule has 0 spiro atoms. The third-order valence-corrected chi connectivity index (χ3v) is 6.23. The summed E-state index contributed by atoms with van der Waals surface area (Å²) in [5, 5.41) is 0. The molecule has 2 N–H and O–H groups in total. The lowest BCUT2D eigenvalue weighted by atomic mass is 10.3. The second-order valence-electron chi connectivity index (χ2n) is 4.60. The van der Waals surface area contributed by atoms with Crippen LogP contribution in [0.15, 0.2) is 4.99 Å². The van der Waals surface area contributed by atoms with Gasteiger partial charge in [0, 0.05) is 39.9 Å². The predicted octanol–water partition coefficient (Wildman–Crippen LogP) is 0.708. The standard InChI is InChI=1S/C12H27N3O3Si/c1-12-14-7-5-8-15(12)9-10-18-19(16-2,17-3)11-4-6-13/h4-11,13H2,1-3H3. The van der Waals surface area contributed by atoms with Crippen molar-refractivity contribution in [3.8, 4) is 0 Å². The minimum Gasteiger partial charge on any atom is -0.377 e. The third kappa shape index (κ3) is 5.19. The predicted molar refractivity (Wildman–Crippen MR) is 78.4 cm³/mol. The maximum absolute atomic E-state index is 5.92. The van der Waals surface area contributed by atoms with E-state index < -0.39 is 8.80 Å². The molecule has 0 unspecified atom stereocenters. The van der Waals surface area contributed by atoms with Crippen LogP contribution in [0.1, 0.15) is 19.8 Å². The summed E-state index contributed by atoms with van der Waals surface area (Å²) in [6, 6.07) is 0.767. The van der Waals surface area contributed by atoms with E-state index in [0.29, 0.717) is 13.2 Å². The van der Waals surface area contributed by atoms with E-state index >= 15 is 0 Å². The molecule has 0 atom stereocenters. The van der Waals surface area contributed by atoms with Crippen LogP contribution in [0.5, 0.6) is 0 Å². The second-order valence-corrected chi connectivity index (χ2v) is 7.57. The summed E-state index contributed by atoms with van der Waals surface area (Å²) in [4.78, 5) is 6.68. The lowest BCUT2D eigenvalue weighted by Crippen LogP contribution is -2.46. The van der Waals surface area contributed by atoms with Crippen molar-refractivity contribution in [1.29, 1.82) is 0 Å². The van der Waals surface area contributed by atoms with Crippen LogP contribution in [0.2, 0.25) is 6.04 Å². The lowest BCUT2D eigenvalue weighted by Gasteiger charge is -2.30. The SMILES string of the molecule is CO[Si](CCCN)(OC)OCCN1CCCN=C1C. The maximum Gasteiger partial charge on any atom is 0.500 e. The molecular weight excluding hydrogens is 262 g/mol. The highest BCUT2D eigenvalue weighted by molar-refractivity contribution is 6.60. The lowest BCUT2D eigenvalue weighted by molar-refractivity contribution is 0.0917. The van der Waals surface area contributed by atoms with E-state index in [2.05, 4.69) is 9.89 Å². The monoisotopic (exact) mass is 289 g/mol. The number of rotatable bonds is 9. The summed E-state index contributed by atoms with van der Waals surface area (Å²) in [5.41, 5.74) is 5.54. The summed E-state index contributed by atoms with van der Waals surface area (Å²) in [6.07, 6.45) is 1.97. The summed E-state index contributed by atoms with van der Waals surface area (Å²) in [6.45, 7) is 6.10. The van der Waals surface area contributed by atoms with E-state index in [4.69, 9.17) is 19.0 Å². The van der Waals surface area contributed by atoms with Crippen molar-refractivity contribution < 1.29 is 13.3 Å². The van der Waals surface area contributed by atoms with Gasteiger partial charge in [-0.2, -0.15) is 0 Å². The topological polar surface area (TPSA) is 69.3 Å². The number of amidine groups is 1. The van der Waals surface area contributed by atoms with Crippen molar-refractivity contribution >= 4 is 14.6 Å². The zero-order chi connectivity index (χ0) is 14.1.